The molecule has 4 aliphatic rings. The smallest absolute Gasteiger partial charge is 0.312 e. The molecule has 1 saturated carbocycles. The number of aromatic amines is 1. The molecule has 0 radical (unpaired) electrons. The number of aromatic nitrogens is 4. The van der Waals surface area contributed by atoms with Crippen LogP contribution in [0, 0.1) is 15.5 Å². The van der Waals surface area contributed by atoms with Gasteiger partial charge in [0.15, 0.2) is 5.75 Å². The highest BCUT2D eigenvalue weighted by Crippen LogP contribution is 2.43. The molecule has 1 amide bonds. The van der Waals surface area contributed by atoms with Crippen molar-refractivity contribution in [2.75, 3.05) is 63.9 Å². The van der Waals surface area contributed by atoms with Gasteiger partial charge in [-0.25, -0.2) is 22.8 Å². The molecule has 3 aromatic carbocycles. The predicted octanol–water partition coefficient (Wildman–Crippen LogP) is 7.61. The summed E-state index contributed by atoms with van der Waals surface area (Å²) < 4.78 is 43.3. The first-order valence-corrected chi connectivity index (χ1v) is 24.4. The van der Waals surface area contributed by atoms with Crippen molar-refractivity contribution in [2.45, 2.75) is 63.0 Å². The quantitative estimate of drug-likeness (QED) is 0.0856. The van der Waals surface area contributed by atoms with Crippen molar-refractivity contribution in [1.82, 2.24) is 34.3 Å². The van der Waals surface area contributed by atoms with Crippen LogP contribution >= 0.6 is 11.6 Å². The summed E-state index contributed by atoms with van der Waals surface area (Å²) in [6.45, 7) is 10.7. The highest BCUT2D eigenvalue weighted by atomic mass is 35.5. The molecule has 2 aliphatic carbocycles. The first kappa shape index (κ1) is 44.0. The van der Waals surface area contributed by atoms with E-state index in [4.69, 9.17) is 26.1 Å². The lowest BCUT2D eigenvalue weighted by molar-refractivity contribution is -0.386. The van der Waals surface area contributed by atoms with E-state index in [9.17, 15) is 23.3 Å². The third-order valence-corrected chi connectivity index (χ3v) is 15.0. The number of hydrogen-bond donors (Lipinski definition) is 2. The standard InChI is InChI=1S/C48H52ClN9O7S/c1-48(2)15-13-33(40(26-48)31-3-5-34(49)6-4-31)28-54-17-19-55(20-18-54)36-9-11-39(42(24-36)57-43-23-32-14-16-50-46(32)52-41(43)27-51-57)47(59)53-66(62,63)38-10-12-45(44(25-38)58(60)61)65-30-37-29-56(21-22-64-37)35-7-8-35/h3-6,9-12,14,16,23-25,27,35,37H,7-8,13,15,17-22,26,28-30H2,1-2H3,(H,50,52)(H,53,59). The van der Waals surface area contributed by atoms with Crippen LogP contribution in [0.15, 0.2) is 95.7 Å². The lowest BCUT2D eigenvalue weighted by Gasteiger charge is -2.39. The Balaban J connectivity index is 0.894. The number of H-pyrrole nitrogens is 1. The van der Waals surface area contributed by atoms with Crippen molar-refractivity contribution < 1.29 is 27.6 Å². The fourth-order valence-corrected chi connectivity index (χ4v) is 10.7. The largest absolute Gasteiger partial charge is 0.484 e. The SMILES string of the molecule is CC1(C)CCC(CN2CCN(c3ccc(C(=O)NS(=O)(=O)c4ccc(OCC5CN(C6CC6)CCO5)c([N+](=O)[O-])c4)c(-n4ncc5nc6[nH]ccc6cc54)c3)CC2)=C(c2ccc(Cl)cc2)C1. The van der Waals surface area contributed by atoms with E-state index < -0.39 is 31.4 Å². The number of anilines is 1. The Labute approximate surface area is 387 Å². The Bertz CT molecular complexity index is 2980. The van der Waals surface area contributed by atoms with Gasteiger partial charge < -0.3 is 19.4 Å². The Hall–Kier alpha value is -5.85. The minimum atomic E-state index is -4.62. The van der Waals surface area contributed by atoms with Gasteiger partial charge in [0.1, 0.15) is 23.9 Å². The third kappa shape index (κ3) is 9.27. The highest BCUT2D eigenvalue weighted by Gasteiger charge is 2.34. The summed E-state index contributed by atoms with van der Waals surface area (Å²) in [7, 11) is -4.62. The van der Waals surface area contributed by atoms with Crippen LogP contribution in [0.5, 0.6) is 5.75 Å². The molecule has 1 atom stereocenters. The van der Waals surface area contributed by atoms with Crippen molar-refractivity contribution in [3.63, 3.8) is 0 Å². The number of sulfonamides is 1. The molecule has 0 bridgehead atoms. The molecule has 10 rings (SSSR count). The third-order valence-electron chi connectivity index (χ3n) is 13.4. The van der Waals surface area contributed by atoms with Crippen LogP contribution < -0.4 is 14.4 Å². The molecule has 2 aliphatic heterocycles. The van der Waals surface area contributed by atoms with Gasteiger partial charge in [-0.3, -0.25) is 24.7 Å². The maximum atomic E-state index is 14.2. The zero-order chi connectivity index (χ0) is 45.7. The van der Waals surface area contributed by atoms with E-state index in [-0.39, 0.29) is 29.4 Å². The summed E-state index contributed by atoms with van der Waals surface area (Å²) in [5.74, 6) is -1.02. The molecule has 3 aromatic heterocycles. The van der Waals surface area contributed by atoms with Crippen molar-refractivity contribution in [3.05, 3.63) is 117 Å². The second kappa shape index (κ2) is 17.8. The number of benzene rings is 3. The highest BCUT2D eigenvalue weighted by molar-refractivity contribution is 7.90. The molecule has 16 nitrogen and oxygen atoms in total. The van der Waals surface area contributed by atoms with Crippen LogP contribution in [0.3, 0.4) is 0 Å². The van der Waals surface area contributed by atoms with Crippen LogP contribution in [-0.2, 0) is 14.8 Å². The number of carbonyl (C=O) groups is 1. The van der Waals surface area contributed by atoms with Crippen molar-refractivity contribution in [1.29, 1.82) is 0 Å². The Morgan fingerprint density at radius 1 is 1.03 bits per heavy atom. The first-order chi connectivity index (χ1) is 31.8. The number of rotatable bonds is 13. The van der Waals surface area contributed by atoms with E-state index in [1.807, 2.05) is 36.4 Å². The molecule has 18 heteroatoms. The van der Waals surface area contributed by atoms with Crippen LogP contribution in [-0.4, -0.2) is 120 Å². The number of ether oxygens (including phenoxy) is 2. The number of nitro groups is 1. The lowest BCUT2D eigenvalue weighted by atomic mass is 9.72. The number of nitrogens with one attached hydrogen (secondary N) is 2. The molecule has 0 spiro atoms. The number of piperazine rings is 1. The van der Waals surface area contributed by atoms with Gasteiger partial charge in [0, 0.05) is 80.2 Å². The fraction of sp³-hybridized carbons (Fsp3) is 0.396. The van der Waals surface area contributed by atoms with Crippen molar-refractivity contribution >= 4 is 66.5 Å². The molecular weight excluding hydrogens is 882 g/mol. The minimum Gasteiger partial charge on any atom is -0.484 e. The number of amides is 1. The maximum Gasteiger partial charge on any atom is 0.312 e. The van der Waals surface area contributed by atoms with Crippen LogP contribution in [0.2, 0.25) is 5.02 Å². The van der Waals surface area contributed by atoms with Gasteiger partial charge in [0.05, 0.1) is 39.4 Å². The number of morpholine rings is 1. The number of halogens is 1. The number of nitrogens with zero attached hydrogens (tertiary/aromatic N) is 7. The number of carbonyl (C=O) groups excluding carboxylic acids is 1. The van der Waals surface area contributed by atoms with E-state index in [1.54, 1.807) is 23.1 Å². The van der Waals surface area contributed by atoms with E-state index in [0.29, 0.717) is 41.6 Å². The number of pyridine rings is 1. The molecule has 5 heterocycles. The zero-order valence-corrected chi connectivity index (χ0v) is 38.5. The predicted molar refractivity (Wildman–Crippen MR) is 253 cm³/mol. The van der Waals surface area contributed by atoms with Gasteiger partial charge in [-0.2, -0.15) is 5.10 Å². The number of nitro benzene ring substituents is 1. The van der Waals surface area contributed by atoms with Crippen molar-refractivity contribution in [3.8, 4) is 11.4 Å². The molecule has 6 aromatic rings. The summed E-state index contributed by atoms with van der Waals surface area (Å²) in [4.78, 5) is 40.2. The molecular formula is C48H52ClN9O7S. The Morgan fingerprint density at radius 2 is 1.83 bits per heavy atom. The zero-order valence-electron chi connectivity index (χ0n) is 36.9. The molecule has 66 heavy (non-hydrogen) atoms. The average Bonchev–Trinajstić information content (AvgIpc) is 3.93. The Kier molecular flexibility index (Phi) is 11.8. The monoisotopic (exact) mass is 933 g/mol. The van der Waals surface area contributed by atoms with Gasteiger partial charge in [-0.05, 0) is 103 Å². The van der Waals surface area contributed by atoms with E-state index in [1.165, 1.54) is 28.8 Å². The minimum absolute atomic E-state index is 0.0317. The topological polar surface area (TPSA) is 181 Å². The van der Waals surface area contributed by atoms with Gasteiger partial charge >= 0.3 is 5.69 Å². The van der Waals surface area contributed by atoms with Gasteiger partial charge in [0.2, 0.25) is 0 Å². The van der Waals surface area contributed by atoms with Crippen molar-refractivity contribution in [2.24, 2.45) is 5.41 Å². The van der Waals surface area contributed by atoms with E-state index >= 15 is 0 Å². The van der Waals surface area contributed by atoms with Crippen LogP contribution in [0.25, 0.3) is 33.3 Å². The summed E-state index contributed by atoms with van der Waals surface area (Å²) in [5, 5.41) is 18.5. The fourth-order valence-electron chi connectivity index (χ4n) is 9.56. The van der Waals surface area contributed by atoms with E-state index in [2.05, 4.69) is 55.5 Å². The summed E-state index contributed by atoms with van der Waals surface area (Å²) in [6, 6.07) is 21.1. The van der Waals surface area contributed by atoms with Crippen LogP contribution in [0.1, 0.15) is 61.9 Å². The van der Waals surface area contributed by atoms with Gasteiger partial charge in [-0.15, -0.1) is 0 Å². The van der Waals surface area contributed by atoms with Gasteiger partial charge in [-0.1, -0.05) is 43.2 Å². The summed E-state index contributed by atoms with van der Waals surface area (Å²) in [5.41, 5.74) is 6.87. The number of fused-ring (bicyclic) bond motifs is 2. The molecule has 344 valence electrons. The molecule has 3 fully saturated rings. The van der Waals surface area contributed by atoms with E-state index in [0.717, 1.165) is 93.5 Å². The molecule has 1 unspecified atom stereocenters. The van der Waals surface area contributed by atoms with Crippen LogP contribution in [0.4, 0.5) is 11.4 Å². The molecule has 2 saturated heterocycles. The second-order valence-corrected chi connectivity index (χ2v) is 20.7. The van der Waals surface area contributed by atoms with Gasteiger partial charge in [0.25, 0.3) is 15.9 Å². The number of hydrogen-bond acceptors (Lipinski definition) is 12. The summed E-state index contributed by atoms with van der Waals surface area (Å²) in [6.07, 6.45) is 8.60. The average molecular weight is 935 g/mol. The molecule has 2 N–H and O–H groups in total. The first-order valence-electron chi connectivity index (χ1n) is 22.5. The number of allylic oxidation sites excluding steroid dienone is 1. The second-order valence-electron chi connectivity index (χ2n) is 18.6. The lowest BCUT2D eigenvalue weighted by Crippen LogP contribution is -2.47. The summed E-state index contributed by atoms with van der Waals surface area (Å²) >= 11 is 6.26. The maximum absolute atomic E-state index is 14.2. The Morgan fingerprint density at radius 3 is 2.61 bits per heavy atom. The normalized spacial score (nSPS) is 19.7.